The molecule has 0 unspecified atom stereocenters. The number of rotatable bonds is 1. The number of hydrogen-bond donors (Lipinski definition) is 0. The summed E-state index contributed by atoms with van der Waals surface area (Å²) in [6.07, 6.45) is 2.79. The summed E-state index contributed by atoms with van der Waals surface area (Å²) in [5.74, 6) is 1.000. The molecule has 1 saturated heterocycles. The zero-order valence-corrected chi connectivity index (χ0v) is 5.85. The van der Waals surface area contributed by atoms with Gasteiger partial charge in [-0.1, -0.05) is 13.3 Å². The van der Waals surface area contributed by atoms with Crippen LogP contribution in [0.1, 0.15) is 19.8 Å². The van der Waals surface area contributed by atoms with Crippen LogP contribution in [-0.2, 0) is 0 Å². The summed E-state index contributed by atoms with van der Waals surface area (Å²) in [6.45, 7) is 4.93. The van der Waals surface area contributed by atoms with E-state index in [4.69, 9.17) is 0 Å². The zero-order valence-electron chi connectivity index (χ0n) is 5.85. The summed E-state index contributed by atoms with van der Waals surface area (Å²) in [6, 6.07) is 0. The standard InChI is InChI=1S/C7H15N/c1-3-7-4-5-8(2)6-7/h7H,3-6H2,1-2H3/t7-/m0/s1. The van der Waals surface area contributed by atoms with Crippen molar-refractivity contribution in [2.24, 2.45) is 5.92 Å². The van der Waals surface area contributed by atoms with E-state index in [1.807, 2.05) is 0 Å². The Labute approximate surface area is 51.7 Å². The average Bonchev–Trinajstić information content (AvgIpc) is 2.14. The predicted octanol–water partition coefficient (Wildman–Crippen LogP) is 1.35. The van der Waals surface area contributed by atoms with E-state index < -0.39 is 0 Å². The van der Waals surface area contributed by atoms with Gasteiger partial charge in [0.05, 0.1) is 0 Å². The predicted molar refractivity (Wildman–Crippen MR) is 35.9 cm³/mol. The lowest BCUT2D eigenvalue weighted by Crippen LogP contribution is -2.13. The Morgan fingerprint density at radius 2 is 2.38 bits per heavy atom. The van der Waals surface area contributed by atoms with Crippen molar-refractivity contribution < 1.29 is 0 Å². The van der Waals surface area contributed by atoms with Crippen molar-refractivity contribution in [2.45, 2.75) is 19.8 Å². The smallest absolute Gasteiger partial charge is 0.000698 e. The van der Waals surface area contributed by atoms with Gasteiger partial charge in [0.15, 0.2) is 0 Å². The molecule has 1 nitrogen and oxygen atoms in total. The van der Waals surface area contributed by atoms with E-state index in [2.05, 4.69) is 18.9 Å². The molecule has 8 heavy (non-hydrogen) atoms. The van der Waals surface area contributed by atoms with Gasteiger partial charge in [-0.2, -0.15) is 0 Å². The molecule has 1 atom stereocenters. The molecule has 1 aliphatic rings. The third-order valence-electron chi connectivity index (χ3n) is 2.07. The Morgan fingerprint density at radius 1 is 1.62 bits per heavy atom. The molecule has 0 spiro atoms. The van der Waals surface area contributed by atoms with Gasteiger partial charge in [0.1, 0.15) is 0 Å². The molecule has 0 saturated carbocycles. The lowest BCUT2D eigenvalue weighted by atomic mass is 10.1. The molecule has 0 bridgehead atoms. The maximum atomic E-state index is 2.41. The van der Waals surface area contributed by atoms with Crippen LogP contribution in [0.25, 0.3) is 0 Å². The fourth-order valence-corrected chi connectivity index (χ4v) is 1.36. The molecule has 1 heteroatoms. The first kappa shape index (κ1) is 6.09. The molecule has 1 heterocycles. The van der Waals surface area contributed by atoms with Crippen molar-refractivity contribution in [3.8, 4) is 0 Å². The molecule has 0 aliphatic carbocycles. The molecule has 0 N–H and O–H groups in total. The monoisotopic (exact) mass is 113 g/mol. The van der Waals surface area contributed by atoms with E-state index in [-0.39, 0.29) is 0 Å². The third kappa shape index (κ3) is 1.22. The lowest BCUT2D eigenvalue weighted by molar-refractivity contribution is 0.392. The number of hydrogen-bond acceptors (Lipinski definition) is 1. The van der Waals surface area contributed by atoms with Gasteiger partial charge < -0.3 is 4.90 Å². The molecule has 0 aromatic carbocycles. The summed E-state index contributed by atoms with van der Waals surface area (Å²) in [5.41, 5.74) is 0. The largest absolute Gasteiger partial charge is 0.306 e. The van der Waals surface area contributed by atoms with Gasteiger partial charge in [0, 0.05) is 6.54 Å². The van der Waals surface area contributed by atoms with Crippen LogP contribution >= 0.6 is 0 Å². The first-order valence-corrected chi connectivity index (χ1v) is 3.51. The van der Waals surface area contributed by atoms with Crippen molar-refractivity contribution in [1.29, 1.82) is 0 Å². The van der Waals surface area contributed by atoms with Crippen LogP contribution in [0.2, 0.25) is 0 Å². The Morgan fingerprint density at radius 3 is 2.62 bits per heavy atom. The molecule has 0 aromatic heterocycles. The molecule has 1 aliphatic heterocycles. The highest BCUT2D eigenvalue weighted by atomic mass is 15.1. The molecule has 1 fully saturated rings. The van der Waals surface area contributed by atoms with Crippen LogP contribution in [0.4, 0.5) is 0 Å². The second-order valence-electron chi connectivity index (χ2n) is 2.83. The maximum Gasteiger partial charge on any atom is 0.000698 e. The Kier molecular flexibility index (Phi) is 1.90. The van der Waals surface area contributed by atoms with Gasteiger partial charge in [0.25, 0.3) is 0 Å². The van der Waals surface area contributed by atoms with Gasteiger partial charge in [-0.05, 0) is 25.9 Å². The minimum Gasteiger partial charge on any atom is -0.306 e. The van der Waals surface area contributed by atoms with E-state index in [1.54, 1.807) is 0 Å². The van der Waals surface area contributed by atoms with E-state index in [0.717, 1.165) is 5.92 Å². The van der Waals surface area contributed by atoms with Gasteiger partial charge >= 0.3 is 0 Å². The van der Waals surface area contributed by atoms with Crippen molar-refractivity contribution >= 4 is 0 Å². The molecular weight excluding hydrogens is 98.1 g/mol. The van der Waals surface area contributed by atoms with Crippen LogP contribution in [0, 0.1) is 5.92 Å². The van der Waals surface area contributed by atoms with Crippen molar-refractivity contribution in [2.75, 3.05) is 20.1 Å². The molecule has 48 valence electrons. The van der Waals surface area contributed by atoms with Crippen LogP contribution in [-0.4, -0.2) is 25.0 Å². The van der Waals surface area contributed by atoms with Crippen molar-refractivity contribution in [1.82, 2.24) is 4.90 Å². The summed E-state index contributed by atoms with van der Waals surface area (Å²) < 4.78 is 0. The summed E-state index contributed by atoms with van der Waals surface area (Å²) in [5, 5.41) is 0. The summed E-state index contributed by atoms with van der Waals surface area (Å²) >= 11 is 0. The fraction of sp³-hybridized carbons (Fsp3) is 1.00. The normalized spacial score (nSPS) is 31.5. The van der Waals surface area contributed by atoms with Crippen molar-refractivity contribution in [3.63, 3.8) is 0 Å². The van der Waals surface area contributed by atoms with Gasteiger partial charge in [-0.3, -0.25) is 0 Å². The summed E-state index contributed by atoms with van der Waals surface area (Å²) in [4.78, 5) is 2.41. The summed E-state index contributed by atoms with van der Waals surface area (Å²) in [7, 11) is 2.20. The van der Waals surface area contributed by atoms with E-state index in [0.29, 0.717) is 0 Å². The topological polar surface area (TPSA) is 3.24 Å². The Bertz CT molecular complexity index is 70.8. The Hall–Kier alpha value is -0.0400. The maximum absolute atomic E-state index is 2.41. The lowest BCUT2D eigenvalue weighted by Gasteiger charge is -2.05. The quantitative estimate of drug-likeness (QED) is 0.496. The van der Waals surface area contributed by atoms with Gasteiger partial charge in [-0.15, -0.1) is 0 Å². The van der Waals surface area contributed by atoms with Crippen molar-refractivity contribution in [3.05, 3.63) is 0 Å². The highest BCUT2D eigenvalue weighted by Gasteiger charge is 2.16. The molecule has 1 rings (SSSR count). The van der Waals surface area contributed by atoms with Crippen LogP contribution in [0.3, 0.4) is 0 Å². The number of likely N-dealkylation sites (tertiary alicyclic amines) is 1. The average molecular weight is 113 g/mol. The van der Waals surface area contributed by atoms with Gasteiger partial charge in [0.2, 0.25) is 0 Å². The third-order valence-corrected chi connectivity index (χ3v) is 2.07. The Balaban J connectivity index is 2.22. The second kappa shape index (κ2) is 2.49. The molecular formula is C7H15N. The minimum atomic E-state index is 1.000. The molecule has 0 aromatic rings. The van der Waals surface area contributed by atoms with Gasteiger partial charge in [-0.25, -0.2) is 0 Å². The van der Waals surface area contributed by atoms with E-state index >= 15 is 0 Å². The van der Waals surface area contributed by atoms with E-state index in [9.17, 15) is 0 Å². The second-order valence-corrected chi connectivity index (χ2v) is 2.83. The number of nitrogens with zero attached hydrogens (tertiary/aromatic N) is 1. The van der Waals surface area contributed by atoms with E-state index in [1.165, 1.54) is 25.9 Å². The fourth-order valence-electron chi connectivity index (χ4n) is 1.36. The highest BCUT2D eigenvalue weighted by Crippen LogP contribution is 2.16. The van der Waals surface area contributed by atoms with Crippen LogP contribution in [0.15, 0.2) is 0 Å². The highest BCUT2D eigenvalue weighted by molar-refractivity contribution is 4.70. The van der Waals surface area contributed by atoms with Crippen LogP contribution < -0.4 is 0 Å². The van der Waals surface area contributed by atoms with Crippen LogP contribution in [0.5, 0.6) is 0 Å². The molecule has 0 amide bonds. The first-order valence-electron chi connectivity index (χ1n) is 3.51. The molecule has 0 radical (unpaired) electrons. The zero-order chi connectivity index (χ0) is 5.98. The minimum absolute atomic E-state index is 1.000. The SMILES string of the molecule is CC[C@H]1CCN(C)C1. The first-order chi connectivity index (χ1) is 3.83.